The number of sulfonamides is 1. The van der Waals surface area contributed by atoms with E-state index in [1.54, 1.807) is 28.9 Å². The molecule has 1 heterocycles. The fourth-order valence-corrected chi connectivity index (χ4v) is 6.01. The number of aryl methyl sites for hydroxylation is 1. The number of carbonyl (C=O) groups excluding carboxylic acids is 1. The molecule has 0 aliphatic carbocycles. The molecule has 0 saturated carbocycles. The molecule has 1 aromatic heterocycles. The maximum atomic E-state index is 13.7. The Kier molecular flexibility index (Phi) is 8.09. The number of nitrogens with one attached hydrogen (secondary N) is 1. The summed E-state index contributed by atoms with van der Waals surface area (Å²) in [5, 5.41) is 9.48. The number of anilines is 1. The number of amides is 1. The predicted octanol–water partition coefficient (Wildman–Crippen LogP) is 6.43. The van der Waals surface area contributed by atoms with E-state index in [2.05, 4.69) is 5.32 Å². The van der Waals surface area contributed by atoms with Gasteiger partial charge in [-0.05, 0) is 48.4 Å². The lowest BCUT2D eigenvalue weighted by Gasteiger charge is -2.22. The first kappa shape index (κ1) is 27.3. The summed E-state index contributed by atoms with van der Waals surface area (Å²) >= 11 is 0. The standard InChI is InChI=1S/C32H32N4O3S/c1-3-4-20-35(40(38,39)29-19-16-25-10-8-9-13-27(25)21-29)23-32(37)33-31-22-30(26-11-6-5-7-12-26)34-36(31)28-17-14-24(2)15-18-28/h5-19,21-22H,3-4,20,23H2,1-2H3,(H,33,37). The van der Waals surface area contributed by atoms with Crippen molar-refractivity contribution in [2.45, 2.75) is 31.6 Å². The van der Waals surface area contributed by atoms with Gasteiger partial charge in [0.2, 0.25) is 15.9 Å². The maximum Gasteiger partial charge on any atom is 0.243 e. The van der Waals surface area contributed by atoms with Crippen LogP contribution < -0.4 is 5.32 Å². The van der Waals surface area contributed by atoms with Crippen molar-refractivity contribution < 1.29 is 13.2 Å². The van der Waals surface area contributed by atoms with Crippen LogP contribution in [0, 0.1) is 6.92 Å². The average molecular weight is 553 g/mol. The molecule has 8 heteroatoms. The topological polar surface area (TPSA) is 84.3 Å². The number of aromatic nitrogens is 2. The molecule has 4 aromatic carbocycles. The second-order valence-corrected chi connectivity index (χ2v) is 11.7. The number of hydrogen-bond acceptors (Lipinski definition) is 4. The molecule has 1 N–H and O–H groups in total. The summed E-state index contributed by atoms with van der Waals surface area (Å²) in [6.07, 6.45) is 1.44. The van der Waals surface area contributed by atoms with Gasteiger partial charge in [0.05, 0.1) is 22.8 Å². The van der Waals surface area contributed by atoms with E-state index in [0.29, 0.717) is 17.9 Å². The summed E-state index contributed by atoms with van der Waals surface area (Å²) in [6.45, 7) is 3.93. The van der Waals surface area contributed by atoms with Crippen molar-refractivity contribution in [3.05, 3.63) is 109 Å². The minimum Gasteiger partial charge on any atom is -0.309 e. The molecule has 0 radical (unpaired) electrons. The van der Waals surface area contributed by atoms with Crippen molar-refractivity contribution >= 4 is 32.5 Å². The normalized spacial score (nSPS) is 11.7. The minimum atomic E-state index is -3.91. The number of fused-ring (bicyclic) bond motifs is 1. The highest BCUT2D eigenvalue weighted by Crippen LogP contribution is 2.26. The highest BCUT2D eigenvalue weighted by Gasteiger charge is 2.27. The molecule has 5 aromatic rings. The molecule has 0 atom stereocenters. The molecule has 0 unspecified atom stereocenters. The Balaban J connectivity index is 1.44. The number of unbranched alkanes of at least 4 members (excludes halogenated alkanes) is 1. The first-order chi connectivity index (χ1) is 19.3. The van der Waals surface area contributed by atoms with Crippen LogP contribution in [0.3, 0.4) is 0 Å². The number of nitrogens with zero attached hydrogens (tertiary/aromatic N) is 3. The van der Waals surface area contributed by atoms with Gasteiger partial charge in [-0.25, -0.2) is 13.1 Å². The number of hydrogen-bond donors (Lipinski definition) is 1. The monoisotopic (exact) mass is 552 g/mol. The van der Waals surface area contributed by atoms with E-state index in [0.717, 1.165) is 34.0 Å². The van der Waals surface area contributed by atoms with E-state index in [-0.39, 0.29) is 18.0 Å². The van der Waals surface area contributed by atoms with Crippen LogP contribution >= 0.6 is 0 Å². The molecule has 0 saturated heterocycles. The Morgan fingerprint density at radius 1 is 0.875 bits per heavy atom. The number of carbonyl (C=O) groups is 1. The van der Waals surface area contributed by atoms with Crippen molar-refractivity contribution in [1.29, 1.82) is 0 Å². The third kappa shape index (κ3) is 5.98. The zero-order valence-corrected chi connectivity index (χ0v) is 23.4. The van der Waals surface area contributed by atoms with Gasteiger partial charge in [-0.15, -0.1) is 0 Å². The van der Waals surface area contributed by atoms with Crippen LogP contribution in [0.25, 0.3) is 27.7 Å². The van der Waals surface area contributed by atoms with E-state index in [4.69, 9.17) is 5.10 Å². The highest BCUT2D eigenvalue weighted by molar-refractivity contribution is 7.89. The van der Waals surface area contributed by atoms with Crippen LogP contribution in [0.1, 0.15) is 25.3 Å². The second-order valence-electron chi connectivity index (χ2n) is 9.78. The molecule has 0 fully saturated rings. The summed E-state index contributed by atoms with van der Waals surface area (Å²) < 4.78 is 30.4. The molecule has 204 valence electrons. The lowest BCUT2D eigenvalue weighted by atomic mass is 10.1. The zero-order chi connectivity index (χ0) is 28.1. The fourth-order valence-electron chi connectivity index (χ4n) is 4.54. The highest BCUT2D eigenvalue weighted by atomic mass is 32.2. The lowest BCUT2D eigenvalue weighted by Crippen LogP contribution is -2.38. The number of benzene rings is 4. The average Bonchev–Trinajstić information content (AvgIpc) is 3.39. The Morgan fingerprint density at radius 3 is 2.30 bits per heavy atom. The van der Waals surface area contributed by atoms with Crippen molar-refractivity contribution in [2.75, 3.05) is 18.4 Å². The summed E-state index contributed by atoms with van der Waals surface area (Å²) in [6, 6.07) is 32.0. The maximum absolute atomic E-state index is 13.7. The van der Waals surface area contributed by atoms with Gasteiger partial charge in [-0.1, -0.05) is 91.7 Å². The molecule has 0 aliphatic heterocycles. The second kappa shape index (κ2) is 11.9. The molecule has 40 heavy (non-hydrogen) atoms. The molecule has 7 nitrogen and oxygen atoms in total. The molecule has 0 spiro atoms. The molecular formula is C32H32N4O3S. The van der Waals surface area contributed by atoms with Gasteiger partial charge in [0.1, 0.15) is 5.82 Å². The fraction of sp³-hybridized carbons (Fsp3) is 0.188. The van der Waals surface area contributed by atoms with E-state index in [9.17, 15) is 13.2 Å². The molecule has 1 amide bonds. The molecular weight excluding hydrogens is 520 g/mol. The molecule has 5 rings (SSSR count). The van der Waals surface area contributed by atoms with E-state index < -0.39 is 15.9 Å². The van der Waals surface area contributed by atoms with E-state index in [1.165, 1.54) is 4.31 Å². The van der Waals surface area contributed by atoms with Crippen LogP contribution in [-0.4, -0.2) is 41.5 Å². The quantitative estimate of drug-likeness (QED) is 0.216. The van der Waals surface area contributed by atoms with Crippen LogP contribution in [0.2, 0.25) is 0 Å². The van der Waals surface area contributed by atoms with Crippen molar-refractivity contribution in [2.24, 2.45) is 0 Å². The van der Waals surface area contributed by atoms with Crippen molar-refractivity contribution in [1.82, 2.24) is 14.1 Å². The smallest absolute Gasteiger partial charge is 0.243 e. The first-order valence-electron chi connectivity index (χ1n) is 13.4. The number of rotatable bonds is 10. The SMILES string of the molecule is CCCCN(CC(=O)Nc1cc(-c2ccccc2)nn1-c1ccc(C)cc1)S(=O)(=O)c1ccc2ccccc2c1. The van der Waals surface area contributed by atoms with E-state index in [1.807, 2.05) is 92.7 Å². The Bertz CT molecular complexity index is 1730. The molecule has 0 aliphatic rings. The minimum absolute atomic E-state index is 0.172. The van der Waals surface area contributed by atoms with Crippen LogP contribution in [0.4, 0.5) is 5.82 Å². The van der Waals surface area contributed by atoms with Gasteiger partial charge >= 0.3 is 0 Å². The Morgan fingerprint density at radius 2 is 1.57 bits per heavy atom. The van der Waals surface area contributed by atoms with Crippen LogP contribution in [-0.2, 0) is 14.8 Å². The van der Waals surface area contributed by atoms with Gasteiger partial charge in [-0.2, -0.15) is 9.40 Å². The van der Waals surface area contributed by atoms with Gasteiger partial charge < -0.3 is 5.32 Å². The van der Waals surface area contributed by atoms with Gasteiger partial charge in [0.25, 0.3) is 0 Å². The van der Waals surface area contributed by atoms with Crippen molar-refractivity contribution in [3.63, 3.8) is 0 Å². The first-order valence-corrected chi connectivity index (χ1v) is 14.8. The van der Waals surface area contributed by atoms with Gasteiger partial charge in [-0.3, -0.25) is 4.79 Å². The third-order valence-corrected chi connectivity index (χ3v) is 8.61. The molecule has 0 bridgehead atoms. The van der Waals surface area contributed by atoms with Crippen LogP contribution in [0.5, 0.6) is 0 Å². The van der Waals surface area contributed by atoms with Crippen LogP contribution in [0.15, 0.2) is 108 Å². The van der Waals surface area contributed by atoms with Gasteiger partial charge in [0, 0.05) is 18.2 Å². The summed E-state index contributed by atoms with van der Waals surface area (Å²) in [5.74, 6) is 0.0274. The van der Waals surface area contributed by atoms with Crippen molar-refractivity contribution in [3.8, 4) is 16.9 Å². The van der Waals surface area contributed by atoms with Gasteiger partial charge in [0.15, 0.2) is 0 Å². The largest absolute Gasteiger partial charge is 0.309 e. The Labute approximate surface area is 235 Å². The summed E-state index contributed by atoms with van der Waals surface area (Å²) in [7, 11) is -3.91. The Hall–Kier alpha value is -4.27. The lowest BCUT2D eigenvalue weighted by molar-refractivity contribution is -0.116. The third-order valence-electron chi connectivity index (χ3n) is 6.76. The predicted molar refractivity (Wildman–Crippen MR) is 160 cm³/mol. The summed E-state index contributed by atoms with van der Waals surface area (Å²) in [5.41, 5.74) is 3.50. The van der Waals surface area contributed by atoms with E-state index >= 15 is 0 Å². The zero-order valence-electron chi connectivity index (χ0n) is 22.6. The summed E-state index contributed by atoms with van der Waals surface area (Å²) in [4.78, 5) is 13.6.